The summed E-state index contributed by atoms with van der Waals surface area (Å²) in [6.07, 6.45) is 10.0. The van der Waals surface area contributed by atoms with Crippen LogP contribution in [0.3, 0.4) is 0 Å². The number of ketones is 1. The number of aromatic nitrogens is 1. The lowest BCUT2D eigenvalue weighted by molar-refractivity contribution is 0.0914. The lowest BCUT2D eigenvalue weighted by Gasteiger charge is -2.27. The summed E-state index contributed by atoms with van der Waals surface area (Å²) in [7, 11) is 0. The minimum absolute atomic E-state index is 0. The number of pyridine rings is 1. The average molecular weight is 367 g/mol. The molecule has 2 saturated carbocycles. The zero-order valence-electron chi connectivity index (χ0n) is 13.7. The second-order valence-corrected chi connectivity index (χ2v) is 6.81. The first-order valence-electron chi connectivity index (χ1n) is 8.44. The Morgan fingerprint density at radius 2 is 1.79 bits per heavy atom. The van der Waals surface area contributed by atoms with Crippen LogP contribution in [-0.2, 0) is 0 Å². The summed E-state index contributed by atoms with van der Waals surface area (Å²) >= 11 is 0. The topological polar surface area (TPSA) is 42.0 Å². The molecule has 0 atom stereocenters. The number of nitrogens with zero attached hydrogens (tertiary/aromatic N) is 1. The van der Waals surface area contributed by atoms with Crippen LogP contribution in [0.4, 0.5) is 0 Å². The van der Waals surface area contributed by atoms with Gasteiger partial charge in [-0.2, -0.15) is 0 Å². The summed E-state index contributed by atoms with van der Waals surface area (Å²) in [6.45, 7) is 0. The predicted molar refractivity (Wildman–Crippen MR) is 103 cm³/mol. The number of carbonyl (C=O) groups is 1. The summed E-state index contributed by atoms with van der Waals surface area (Å²) in [5, 5.41) is 4.72. The maximum Gasteiger partial charge on any atom is 0.184 e. The molecule has 0 bridgehead atoms. The van der Waals surface area contributed by atoms with E-state index in [2.05, 4.69) is 10.3 Å². The molecule has 2 fully saturated rings. The zero-order chi connectivity index (χ0) is 15.0. The van der Waals surface area contributed by atoms with Crippen molar-refractivity contribution in [2.24, 2.45) is 0 Å². The zero-order valence-corrected chi connectivity index (χ0v) is 15.3. The first-order chi connectivity index (χ1) is 10.8. The van der Waals surface area contributed by atoms with E-state index in [1.807, 2.05) is 30.3 Å². The fourth-order valence-electron chi connectivity index (χ4n) is 3.67. The normalized spacial score (nSPS) is 19.2. The Kier molecular flexibility index (Phi) is 6.24. The van der Waals surface area contributed by atoms with Crippen LogP contribution in [0, 0.1) is 0 Å². The fourth-order valence-corrected chi connectivity index (χ4v) is 3.67. The van der Waals surface area contributed by atoms with Crippen molar-refractivity contribution in [3.8, 4) is 0 Å². The summed E-state index contributed by atoms with van der Waals surface area (Å²) in [6, 6.07) is 10.5. The number of carbonyl (C=O) groups excluding carboxylic acids is 1. The SMILES string of the molecule is Cl.Cl.O=C(c1cnc2ccccc2c1)C1(NC2CCCCC2)CC1. The third-order valence-electron chi connectivity index (χ3n) is 5.12. The summed E-state index contributed by atoms with van der Waals surface area (Å²) < 4.78 is 0. The van der Waals surface area contributed by atoms with E-state index in [-0.39, 0.29) is 36.1 Å². The molecule has 3 nitrogen and oxygen atoms in total. The molecule has 2 aromatic rings. The van der Waals surface area contributed by atoms with Crippen LogP contribution in [0.2, 0.25) is 0 Å². The Morgan fingerprint density at radius 1 is 1.08 bits per heavy atom. The molecule has 2 aliphatic rings. The maximum absolute atomic E-state index is 12.9. The number of nitrogens with one attached hydrogen (secondary N) is 1. The molecular weight excluding hydrogens is 343 g/mol. The van der Waals surface area contributed by atoms with Crippen LogP contribution >= 0.6 is 24.8 Å². The third kappa shape index (κ3) is 3.74. The van der Waals surface area contributed by atoms with Crippen LogP contribution in [0.5, 0.6) is 0 Å². The number of hydrogen-bond acceptors (Lipinski definition) is 3. The van der Waals surface area contributed by atoms with Gasteiger partial charge in [-0.15, -0.1) is 24.8 Å². The van der Waals surface area contributed by atoms with Crippen molar-refractivity contribution in [1.29, 1.82) is 0 Å². The molecule has 4 rings (SSSR count). The highest BCUT2D eigenvalue weighted by Gasteiger charge is 2.50. The van der Waals surface area contributed by atoms with Crippen LogP contribution in [0.1, 0.15) is 55.3 Å². The largest absolute Gasteiger partial charge is 0.302 e. The van der Waals surface area contributed by atoms with E-state index in [0.29, 0.717) is 6.04 Å². The van der Waals surface area contributed by atoms with E-state index >= 15 is 0 Å². The number of Topliss-reactive ketones (excluding diaryl/α,β-unsaturated/α-hetero) is 1. The van der Waals surface area contributed by atoms with Crippen molar-refractivity contribution >= 4 is 41.5 Å². The van der Waals surface area contributed by atoms with E-state index in [9.17, 15) is 4.79 Å². The predicted octanol–water partition coefficient (Wildman–Crippen LogP) is 4.72. The third-order valence-corrected chi connectivity index (χ3v) is 5.12. The van der Waals surface area contributed by atoms with Gasteiger partial charge in [-0.05, 0) is 37.8 Å². The number of benzene rings is 1. The highest BCUT2D eigenvalue weighted by atomic mass is 35.5. The second-order valence-electron chi connectivity index (χ2n) is 6.81. The van der Waals surface area contributed by atoms with E-state index in [1.54, 1.807) is 6.20 Å². The average Bonchev–Trinajstić information content (AvgIpc) is 3.35. The monoisotopic (exact) mass is 366 g/mol. The lowest BCUT2D eigenvalue weighted by Crippen LogP contribution is -2.46. The van der Waals surface area contributed by atoms with Crippen LogP contribution in [0.25, 0.3) is 10.9 Å². The minimum Gasteiger partial charge on any atom is -0.302 e. The van der Waals surface area contributed by atoms with Gasteiger partial charge in [0.05, 0.1) is 11.1 Å². The summed E-state index contributed by atoms with van der Waals surface area (Å²) in [5.41, 5.74) is 1.40. The van der Waals surface area contributed by atoms with Gasteiger partial charge in [0.2, 0.25) is 0 Å². The molecule has 130 valence electrons. The highest BCUT2D eigenvalue weighted by molar-refractivity contribution is 6.06. The number of halogens is 2. The standard InChI is InChI=1S/C19H22N2O.2ClH/c22-18(15-12-14-6-4-5-9-17(14)20-13-15)19(10-11-19)21-16-7-2-1-3-8-16;;/h4-6,9,12-13,16,21H,1-3,7-8,10-11H2;2*1H. The molecule has 1 aromatic carbocycles. The van der Waals surface area contributed by atoms with Gasteiger partial charge >= 0.3 is 0 Å². The lowest BCUT2D eigenvalue weighted by atomic mass is 9.93. The van der Waals surface area contributed by atoms with Crippen molar-refractivity contribution in [3.63, 3.8) is 0 Å². The first-order valence-corrected chi connectivity index (χ1v) is 8.44. The molecule has 0 spiro atoms. The number of rotatable bonds is 4. The molecule has 1 N–H and O–H groups in total. The number of hydrogen-bond donors (Lipinski definition) is 1. The quantitative estimate of drug-likeness (QED) is 0.796. The van der Waals surface area contributed by atoms with Gasteiger partial charge in [-0.25, -0.2) is 0 Å². The Hall–Kier alpha value is -1.16. The molecule has 0 radical (unpaired) electrons. The van der Waals surface area contributed by atoms with Crippen molar-refractivity contribution in [2.45, 2.75) is 56.5 Å². The van der Waals surface area contributed by atoms with Crippen molar-refractivity contribution in [1.82, 2.24) is 10.3 Å². The van der Waals surface area contributed by atoms with Gasteiger partial charge in [-0.1, -0.05) is 37.5 Å². The van der Waals surface area contributed by atoms with Crippen molar-refractivity contribution in [3.05, 3.63) is 42.1 Å². The second kappa shape index (κ2) is 7.81. The van der Waals surface area contributed by atoms with Crippen molar-refractivity contribution in [2.75, 3.05) is 0 Å². The van der Waals surface area contributed by atoms with Gasteiger partial charge in [0, 0.05) is 23.2 Å². The smallest absolute Gasteiger partial charge is 0.184 e. The van der Waals surface area contributed by atoms with Crippen LogP contribution in [0.15, 0.2) is 36.5 Å². The van der Waals surface area contributed by atoms with Gasteiger partial charge in [0.15, 0.2) is 5.78 Å². The fraction of sp³-hybridized carbons (Fsp3) is 0.474. The van der Waals surface area contributed by atoms with Crippen LogP contribution < -0.4 is 5.32 Å². The summed E-state index contributed by atoms with van der Waals surface area (Å²) in [4.78, 5) is 17.4. The van der Waals surface area contributed by atoms with Crippen molar-refractivity contribution < 1.29 is 4.79 Å². The van der Waals surface area contributed by atoms with E-state index in [1.165, 1.54) is 32.1 Å². The van der Waals surface area contributed by atoms with E-state index < -0.39 is 0 Å². The Bertz CT molecular complexity index is 709. The van der Waals surface area contributed by atoms with Gasteiger partial charge in [0.1, 0.15) is 0 Å². The molecule has 1 aromatic heterocycles. The van der Waals surface area contributed by atoms with Crippen LogP contribution in [-0.4, -0.2) is 22.3 Å². The maximum atomic E-state index is 12.9. The van der Waals surface area contributed by atoms with Gasteiger partial charge in [0.25, 0.3) is 0 Å². The molecule has 5 heteroatoms. The molecule has 24 heavy (non-hydrogen) atoms. The number of para-hydroxylation sites is 1. The molecular formula is C19H24Cl2N2O. The number of fused-ring (bicyclic) bond motifs is 1. The molecule has 0 saturated heterocycles. The van der Waals surface area contributed by atoms with Gasteiger partial charge < -0.3 is 5.32 Å². The Labute approximate surface area is 155 Å². The Morgan fingerprint density at radius 3 is 2.50 bits per heavy atom. The first kappa shape index (κ1) is 19.2. The summed E-state index contributed by atoms with van der Waals surface area (Å²) in [5.74, 6) is 0.233. The van der Waals surface area contributed by atoms with E-state index in [0.717, 1.165) is 29.3 Å². The molecule has 0 amide bonds. The van der Waals surface area contributed by atoms with E-state index in [4.69, 9.17) is 0 Å². The molecule has 0 aliphatic heterocycles. The highest BCUT2D eigenvalue weighted by Crippen LogP contribution is 2.40. The molecule has 2 aliphatic carbocycles. The molecule has 0 unspecified atom stereocenters. The minimum atomic E-state index is -0.299. The molecule has 1 heterocycles. The Balaban J connectivity index is 0.00000104. The van der Waals surface area contributed by atoms with Gasteiger partial charge in [-0.3, -0.25) is 9.78 Å².